The van der Waals surface area contributed by atoms with E-state index in [9.17, 15) is 13.2 Å². The van der Waals surface area contributed by atoms with Gasteiger partial charge in [-0.25, -0.2) is 13.1 Å². The molecule has 1 atom stereocenters. The average molecular weight is 386 g/mol. The van der Waals surface area contributed by atoms with E-state index >= 15 is 0 Å². The van der Waals surface area contributed by atoms with Crippen LogP contribution in [0.3, 0.4) is 0 Å². The molecule has 0 spiro atoms. The van der Waals surface area contributed by atoms with Crippen LogP contribution in [-0.2, 0) is 26.6 Å². The van der Waals surface area contributed by atoms with Gasteiger partial charge in [0.15, 0.2) is 0 Å². The van der Waals surface area contributed by atoms with Gasteiger partial charge in [-0.2, -0.15) is 5.10 Å². The number of nitrogens with zero attached hydrogens (tertiary/aromatic N) is 2. The number of nitrogens with one attached hydrogen (secondary N) is 1. The number of benzene rings is 1. The fourth-order valence-corrected chi connectivity index (χ4v) is 4.41. The van der Waals surface area contributed by atoms with Crippen molar-refractivity contribution in [3.63, 3.8) is 0 Å². The van der Waals surface area contributed by atoms with Crippen LogP contribution in [0.15, 0.2) is 29.2 Å². The highest BCUT2D eigenvalue weighted by atomic mass is 35.5. The maximum atomic E-state index is 12.8. The van der Waals surface area contributed by atoms with E-state index in [-0.39, 0.29) is 22.2 Å². The molecule has 0 bridgehead atoms. The van der Waals surface area contributed by atoms with Crippen LogP contribution in [0.5, 0.6) is 0 Å². The van der Waals surface area contributed by atoms with Gasteiger partial charge in [-0.3, -0.25) is 9.48 Å². The summed E-state index contributed by atoms with van der Waals surface area (Å²) in [4.78, 5) is 11.6. The molecule has 7 nitrogen and oxygen atoms in total. The van der Waals surface area contributed by atoms with Crippen LogP contribution < -0.4 is 4.72 Å². The molecule has 25 heavy (non-hydrogen) atoms. The fraction of sp³-hybridized carbons (Fsp3) is 0.375. The first-order chi connectivity index (χ1) is 11.7. The van der Waals surface area contributed by atoms with Crippen molar-refractivity contribution in [2.24, 2.45) is 7.05 Å². The number of esters is 1. The minimum absolute atomic E-state index is 0.00530. The molecule has 0 radical (unpaired) electrons. The lowest BCUT2D eigenvalue weighted by Gasteiger charge is -2.18. The molecule has 0 saturated carbocycles. The van der Waals surface area contributed by atoms with E-state index in [2.05, 4.69) is 14.6 Å². The summed E-state index contributed by atoms with van der Waals surface area (Å²) >= 11 is 6.07. The molecular formula is C16H20ClN3O4S. The molecule has 0 aliphatic carbocycles. The van der Waals surface area contributed by atoms with Crippen molar-refractivity contribution in [1.82, 2.24) is 14.5 Å². The van der Waals surface area contributed by atoms with E-state index in [1.807, 2.05) is 19.1 Å². The third-order valence-electron chi connectivity index (χ3n) is 3.74. The first-order valence-electron chi connectivity index (χ1n) is 7.50. The summed E-state index contributed by atoms with van der Waals surface area (Å²) in [6, 6.07) is 6.44. The monoisotopic (exact) mass is 385 g/mol. The molecule has 0 aliphatic heterocycles. The quantitative estimate of drug-likeness (QED) is 0.770. The zero-order chi connectivity index (χ0) is 18.8. The van der Waals surface area contributed by atoms with Gasteiger partial charge in [0, 0.05) is 7.05 Å². The Kier molecular flexibility index (Phi) is 5.87. The average Bonchev–Trinajstić information content (AvgIpc) is 2.80. The summed E-state index contributed by atoms with van der Waals surface area (Å²) in [6.07, 6.45) is -0.143. The van der Waals surface area contributed by atoms with Gasteiger partial charge in [-0.15, -0.1) is 0 Å². The van der Waals surface area contributed by atoms with Crippen molar-refractivity contribution >= 4 is 27.6 Å². The lowest BCUT2D eigenvalue weighted by molar-refractivity contribution is -0.141. The van der Waals surface area contributed by atoms with Crippen molar-refractivity contribution in [2.45, 2.75) is 31.2 Å². The van der Waals surface area contributed by atoms with E-state index in [4.69, 9.17) is 11.6 Å². The second-order valence-corrected chi connectivity index (χ2v) is 7.70. The number of halogens is 1. The van der Waals surface area contributed by atoms with Gasteiger partial charge in [0.1, 0.15) is 10.0 Å². The second kappa shape index (κ2) is 7.55. The van der Waals surface area contributed by atoms with Gasteiger partial charge >= 0.3 is 5.97 Å². The molecule has 2 aromatic rings. The zero-order valence-corrected chi connectivity index (χ0v) is 16.0. The topological polar surface area (TPSA) is 90.3 Å². The number of hydrogen-bond donors (Lipinski definition) is 1. The van der Waals surface area contributed by atoms with E-state index in [0.29, 0.717) is 5.56 Å². The van der Waals surface area contributed by atoms with Crippen LogP contribution in [0.25, 0.3) is 0 Å². The van der Waals surface area contributed by atoms with Crippen LogP contribution >= 0.6 is 11.6 Å². The van der Waals surface area contributed by atoms with Crippen molar-refractivity contribution in [1.29, 1.82) is 0 Å². The molecule has 2 rings (SSSR count). The number of carbonyl (C=O) groups is 1. The number of ether oxygens (including phenoxy) is 1. The summed E-state index contributed by atoms with van der Waals surface area (Å²) in [6.45, 7) is 3.48. The van der Waals surface area contributed by atoms with Gasteiger partial charge in [0.2, 0.25) is 10.0 Å². The van der Waals surface area contributed by atoms with Crippen molar-refractivity contribution < 1.29 is 17.9 Å². The Balaban J connectivity index is 2.41. The minimum Gasteiger partial charge on any atom is -0.469 e. The highest BCUT2D eigenvalue weighted by molar-refractivity contribution is 7.89. The lowest BCUT2D eigenvalue weighted by Crippen LogP contribution is -2.31. The molecule has 1 N–H and O–H groups in total. The normalized spacial score (nSPS) is 12.8. The van der Waals surface area contributed by atoms with Gasteiger partial charge < -0.3 is 4.74 Å². The molecule has 0 aliphatic rings. The van der Waals surface area contributed by atoms with Crippen LogP contribution in [0.1, 0.15) is 29.3 Å². The van der Waals surface area contributed by atoms with Crippen LogP contribution in [0, 0.1) is 13.8 Å². The fourth-order valence-electron chi connectivity index (χ4n) is 2.44. The Morgan fingerprint density at radius 1 is 1.32 bits per heavy atom. The molecule has 0 saturated heterocycles. The number of hydrogen-bond acceptors (Lipinski definition) is 5. The smallest absolute Gasteiger partial charge is 0.307 e. The second-order valence-electron chi connectivity index (χ2n) is 5.69. The summed E-state index contributed by atoms with van der Waals surface area (Å²) in [5.74, 6) is -0.526. The molecule has 9 heteroatoms. The molecular weight excluding hydrogens is 366 g/mol. The predicted octanol–water partition coefficient (Wildman–Crippen LogP) is 2.27. The Labute approximate surface area is 152 Å². The van der Waals surface area contributed by atoms with Gasteiger partial charge in [0.25, 0.3) is 0 Å². The minimum atomic E-state index is -3.99. The number of rotatable bonds is 6. The van der Waals surface area contributed by atoms with E-state index in [1.165, 1.54) is 11.8 Å². The number of methoxy groups -OCH3 is 1. The van der Waals surface area contributed by atoms with Gasteiger partial charge in [-0.1, -0.05) is 41.4 Å². The summed E-state index contributed by atoms with van der Waals surface area (Å²) in [5, 5.41) is 4.02. The van der Waals surface area contributed by atoms with Crippen LogP contribution in [0.4, 0.5) is 0 Å². The lowest BCUT2D eigenvalue weighted by atomic mass is 10.0. The molecule has 0 amide bonds. The first kappa shape index (κ1) is 19.4. The first-order valence-corrected chi connectivity index (χ1v) is 9.36. The molecule has 1 heterocycles. The van der Waals surface area contributed by atoms with Gasteiger partial charge in [-0.05, 0) is 19.4 Å². The highest BCUT2D eigenvalue weighted by Crippen LogP contribution is 2.27. The number of aryl methyl sites for hydroxylation is 3. The number of carbonyl (C=O) groups excluding carboxylic acids is 1. The van der Waals surface area contributed by atoms with Crippen molar-refractivity contribution in [2.75, 3.05) is 7.11 Å². The largest absolute Gasteiger partial charge is 0.469 e. The third-order valence-corrected chi connectivity index (χ3v) is 5.91. The van der Waals surface area contributed by atoms with Gasteiger partial charge in [0.05, 0.1) is 25.3 Å². The Morgan fingerprint density at radius 2 is 1.92 bits per heavy atom. The summed E-state index contributed by atoms with van der Waals surface area (Å²) in [7, 11) is -1.17. The van der Waals surface area contributed by atoms with E-state index in [1.54, 1.807) is 26.1 Å². The molecule has 1 aromatic heterocycles. The highest BCUT2D eigenvalue weighted by Gasteiger charge is 2.29. The van der Waals surface area contributed by atoms with Crippen LogP contribution in [-0.4, -0.2) is 31.3 Å². The maximum Gasteiger partial charge on any atom is 0.307 e. The Hall–Kier alpha value is -1.90. The summed E-state index contributed by atoms with van der Waals surface area (Å²) < 4.78 is 34.1. The molecule has 1 unspecified atom stereocenters. The van der Waals surface area contributed by atoms with E-state index < -0.39 is 22.0 Å². The van der Waals surface area contributed by atoms with E-state index in [0.717, 1.165) is 5.56 Å². The zero-order valence-electron chi connectivity index (χ0n) is 14.4. The Bertz CT molecular complexity index is 876. The predicted molar refractivity (Wildman–Crippen MR) is 93.8 cm³/mol. The SMILES string of the molecule is COC(=O)CC(NS(=O)(=O)c1c(C)nn(C)c1Cl)c1ccc(C)cc1. The third kappa shape index (κ3) is 4.39. The molecule has 0 fully saturated rings. The maximum absolute atomic E-state index is 12.8. The standard InChI is InChI=1S/C16H20ClN3O4S/c1-10-5-7-12(8-6-10)13(9-14(21)24-4)19-25(22,23)15-11(2)18-20(3)16(15)17/h5-8,13,19H,9H2,1-4H3. The number of aromatic nitrogens is 2. The Morgan fingerprint density at radius 3 is 2.40 bits per heavy atom. The summed E-state index contributed by atoms with van der Waals surface area (Å²) in [5.41, 5.74) is 1.95. The van der Waals surface area contributed by atoms with Crippen molar-refractivity contribution in [3.05, 3.63) is 46.2 Å². The molecule has 136 valence electrons. The van der Waals surface area contributed by atoms with Crippen LogP contribution in [0.2, 0.25) is 5.15 Å². The number of sulfonamides is 1. The molecule has 1 aromatic carbocycles. The van der Waals surface area contributed by atoms with Crippen molar-refractivity contribution in [3.8, 4) is 0 Å².